The fraction of sp³-hybridized carbons (Fsp3) is 0.318. The number of nitrogens with zero attached hydrogens (tertiary/aromatic N) is 1. The highest BCUT2D eigenvalue weighted by molar-refractivity contribution is 6.30. The Morgan fingerprint density at radius 1 is 1.20 bits per heavy atom. The van der Waals surface area contributed by atoms with Crippen LogP contribution in [0.25, 0.3) is 0 Å². The van der Waals surface area contributed by atoms with Crippen LogP contribution < -0.4 is 10.1 Å². The lowest BCUT2D eigenvalue weighted by atomic mass is 10.1. The van der Waals surface area contributed by atoms with Crippen LogP contribution in [-0.2, 0) is 9.53 Å². The molecule has 2 aliphatic heterocycles. The Kier molecular flexibility index (Phi) is 5.74. The van der Waals surface area contributed by atoms with E-state index < -0.39 is 6.10 Å². The SMILES string of the molecule is CC(Oc1ccc(Cl)cc1)C(=O)Nc1ccc2c(c1)C(=O)N(CC1CCCO1)C2=O. The Morgan fingerprint density at radius 3 is 2.63 bits per heavy atom. The number of nitrogens with one attached hydrogen (secondary N) is 1. The molecule has 7 nitrogen and oxygen atoms in total. The molecular weight excluding hydrogens is 408 g/mol. The minimum absolute atomic E-state index is 0.114. The molecule has 1 fully saturated rings. The number of hydrogen-bond donors (Lipinski definition) is 1. The molecule has 0 saturated carbocycles. The quantitative estimate of drug-likeness (QED) is 0.711. The minimum Gasteiger partial charge on any atom is -0.481 e. The second-order valence-corrected chi connectivity index (χ2v) is 7.76. The van der Waals surface area contributed by atoms with E-state index in [2.05, 4.69) is 5.32 Å². The van der Waals surface area contributed by atoms with E-state index in [4.69, 9.17) is 21.1 Å². The van der Waals surface area contributed by atoms with Crippen LogP contribution in [0.2, 0.25) is 5.02 Å². The van der Waals surface area contributed by atoms with E-state index in [9.17, 15) is 14.4 Å². The molecule has 30 heavy (non-hydrogen) atoms. The maximum Gasteiger partial charge on any atom is 0.265 e. The zero-order chi connectivity index (χ0) is 21.3. The van der Waals surface area contributed by atoms with Crippen LogP contribution >= 0.6 is 11.6 Å². The second-order valence-electron chi connectivity index (χ2n) is 7.32. The molecule has 1 N–H and O–H groups in total. The zero-order valence-electron chi connectivity index (χ0n) is 16.4. The molecule has 8 heteroatoms. The summed E-state index contributed by atoms with van der Waals surface area (Å²) in [7, 11) is 0. The molecule has 2 aromatic rings. The second kappa shape index (κ2) is 8.45. The molecule has 0 spiro atoms. The van der Waals surface area contributed by atoms with Crippen LogP contribution in [0.4, 0.5) is 5.69 Å². The fourth-order valence-electron chi connectivity index (χ4n) is 3.54. The van der Waals surface area contributed by atoms with E-state index in [-0.39, 0.29) is 35.9 Å². The van der Waals surface area contributed by atoms with Crippen LogP contribution in [0.3, 0.4) is 0 Å². The average molecular weight is 429 g/mol. The zero-order valence-corrected chi connectivity index (χ0v) is 17.1. The van der Waals surface area contributed by atoms with Crippen molar-refractivity contribution in [2.45, 2.75) is 32.0 Å². The topological polar surface area (TPSA) is 84.9 Å². The Morgan fingerprint density at radius 2 is 1.93 bits per heavy atom. The van der Waals surface area contributed by atoms with Crippen LogP contribution in [0, 0.1) is 0 Å². The van der Waals surface area contributed by atoms with E-state index in [1.165, 1.54) is 11.0 Å². The summed E-state index contributed by atoms with van der Waals surface area (Å²) in [4.78, 5) is 39.0. The van der Waals surface area contributed by atoms with Crippen molar-refractivity contribution in [1.29, 1.82) is 0 Å². The van der Waals surface area contributed by atoms with E-state index in [1.54, 1.807) is 43.3 Å². The summed E-state index contributed by atoms with van der Waals surface area (Å²) in [5, 5.41) is 3.30. The van der Waals surface area contributed by atoms with E-state index >= 15 is 0 Å². The van der Waals surface area contributed by atoms with Crippen LogP contribution in [0.5, 0.6) is 5.75 Å². The van der Waals surface area contributed by atoms with Crippen molar-refractivity contribution in [2.24, 2.45) is 0 Å². The molecule has 2 heterocycles. The number of carbonyl (C=O) groups is 3. The third-order valence-electron chi connectivity index (χ3n) is 5.14. The molecule has 2 atom stereocenters. The van der Waals surface area contributed by atoms with Crippen LogP contribution in [0.15, 0.2) is 42.5 Å². The van der Waals surface area contributed by atoms with E-state index in [1.807, 2.05) is 0 Å². The first kappa shape index (κ1) is 20.4. The van der Waals surface area contributed by atoms with Crippen LogP contribution in [-0.4, -0.2) is 48.0 Å². The summed E-state index contributed by atoms with van der Waals surface area (Å²) in [6, 6.07) is 11.4. The Labute approximate surface area is 178 Å². The van der Waals surface area contributed by atoms with Gasteiger partial charge in [-0.05, 0) is 62.2 Å². The predicted molar refractivity (Wildman–Crippen MR) is 111 cm³/mol. The van der Waals surface area contributed by atoms with Crippen molar-refractivity contribution in [2.75, 3.05) is 18.5 Å². The minimum atomic E-state index is -0.771. The smallest absolute Gasteiger partial charge is 0.265 e. The molecule has 2 unspecified atom stereocenters. The normalized spacial score (nSPS) is 19.0. The molecule has 0 bridgehead atoms. The fourth-order valence-corrected chi connectivity index (χ4v) is 3.67. The Hall–Kier alpha value is -2.90. The maximum atomic E-state index is 12.7. The van der Waals surface area contributed by atoms with Crippen molar-refractivity contribution in [1.82, 2.24) is 4.90 Å². The summed E-state index contributed by atoms with van der Waals surface area (Å²) < 4.78 is 11.2. The van der Waals surface area contributed by atoms with Gasteiger partial charge in [-0.1, -0.05) is 11.6 Å². The van der Waals surface area contributed by atoms with Crippen molar-refractivity contribution in [3.63, 3.8) is 0 Å². The van der Waals surface area contributed by atoms with Crippen molar-refractivity contribution < 1.29 is 23.9 Å². The molecule has 2 aromatic carbocycles. The molecule has 2 aliphatic rings. The number of carbonyl (C=O) groups excluding carboxylic acids is 3. The summed E-state index contributed by atoms with van der Waals surface area (Å²) in [6.45, 7) is 2.52. The first-order valence-electron chi connectivity index (χ1n) is 9.77. The van der Waals surface area contributed by atoms with Gasteiger partial charge < -0.3 is 14.8 Å². The summed E-state index contributed by atoms with van der Waals surface area (Å²) >= 11 is 5.85. The molecule has 156 valence electrons. The van der Waals surface area contributed by atoms with Crippen LogP contribution in [0.1, 0.15) is 40.5 Å². The predicted octanol–water partition coefficient (Wildman–Crippen LogP) is 3.52. The highest BCUT2D eigenvalue weighted by Crippen LogP contribution is 2.27. The summed E-state index contributed by atoms with van der Waals surface area (Å²) in [5.41, 5.74) is 1.04. The largest absolute Gasteiger partial charge is 0.481 e. The molecule has 4 rings (SSSR count). The lowest BCUT2D eigenvalue weighted by Crippen LogP contribution is -2.36. The van der Waals surface area contributed by atoms with Crippen molar-refractivity contribution in [3.8, 4) is 5.75 Å². The first-order valence-corrected chi connectivity index (χ1v) is 10.1. The molecule has 0 aromatic heterocycles. The van der Waals surface area contributed by atoms with Gasteiger partial charge in [-0.25, -0.2) is 0 Å². The van der Waals surface area contributed by atoms with Gasteiger partial charge in [0.1, 0.15) is 5.75 Å². The van der Waals surface area contributed by atoms with Crippen molar-refractivity contribution >= 4 is 35.0 Å². The van der Waals surface area contributed by atoms with Gasteiger partial charge in [0.2, 0.25) is 0 Å². The van der Waals surface area contributed by atoms with Gasteiger partial charge in [-0.3, -0.25) is 19.3 Å². The third kappa shape index (κ3) is 4.17. The van der Waals surface area contributed by atoms with E-state index in [0.717, 1.165) is 12.8 Å². The number of anilines is 1. The lowest BCUT2D eigenvalue weighted by molar-refractivity contribution is -0.122. The van der Waals surface area contributed by atoms with Gasteiger partial charge in [0.05, 0.1) is 23.8 Å². The van der Waals surface area contributed by atoms with Gasteiger partial charge in [0, 0.05) is 17.3 Å². The molecule has 0 aliphatic carbocycles. The highest BCUT2D eigenvalue weighted by atomic mass is 35.5. The standard InChI is InChI=1S/C22H21ClN2O5/c1-13(30-16-7-4-14(23)5-8-16)20(26)24-15-6-9-18-19(11-15)22(28)25(21(18)27)12-17-3-2-10-29-17/h4-9,11,13,17H,2-3,10,12H2,1H3,(H,24,26). The number of imide groups is 1. The summed E-state index contributed by atoms with van der Waals surface area (Å²) in [5.74, 6) is -0.561. The van der Waals surface area contributed by atoms with E-state index in [0.29, 0.717) is 28.6 Å². The first-order chi connectivity index (χ1) is 14.4. The molecular formula is C22H21ClN2O5. The molecule has 1 saturated heterocycles. The Bertz CT molecular complexity index is 986. The van der Waals surface area contributed by atoms with Gasteiger partial charge >= 0.3 is 0 Å². The number of rotatable bonds is 6. The maximum absolute atomic E-state index is 12.7. The number of hydrogen-bond acceptors (Lipinski definition) is 5. The summed E-state index contributed by atoms with van der Waals surface area (Å²) in [6.07, 6.45) is 0.880. The lowest BCUT2D eigenvalue weighted by Gasteiger charge is -2.17. The molecule has 3 amide bonds. The molecule has 0 radical (unpaired) electrons. The highest BCUT2D eigenvalue weighted by Gasteiger charge is 2.37. The van der Waals surface area contributed by atoms with Crippen molar-refractivity contribution in [3.05, 3.63) is 58.6 Å². The number of amides is 3. The Balaban J connectivity index is 1.42. The van der Waals surface area contributed by atoms with Gasteiger partial charge in [-0.15, -0.1) is 0 Å². The van der Waals surface area contributed by atoms with Gasteiger partial charge in [0.15, 0.2) is 6.10 Å². The third-order valence-corrected chi connectivity index (χ3v) is 5.40. The monoisotopic (exact) mass is 428 g/mol. The number of ether oxygens (including phenoxy) is 2. The van der Waals surface area contributed by atoms with Gasteiger partial charge in [0.25, 0.3) is 17.7 Å². The average Bonchev–Trinajstić information content (AvgIpc) is 3.33. The van der Waals surface area contributed by atoms with Gasteiger partial charge in [-0.2, -0.15) is 0 Å². The number of benzene rings is 2. The number of halogens is 1. The number of fused-ring (bicyclic) bond motifs is 1.